The number of nitro groups is 1. The molecule has 0 heterocycles. The second-order valence-electron chi connectivity index (χ2n) is 5.72. The zero-order chi connectivity index (χ0) is 14.6. The van der Waals surface area contributed by atoms with Gasteiger partial charge in [0.15, 0.2) is 0 Å². The second-order valence-corrected chi connectivity index (χ2v) is 5.72. The van der Waals surface area contributed by atoms with E-state index in [1.807, 2.05) is 18.6 Å². The van der Waals surface area contributed by atoms with Gasteiger partial charge in [-0.25, -0.2) is 0 Å². The Labute approximate surface area is 121 Å². The van der Waals surface area contributed by atoms with Gasteiger partial charge in [0.25, 0.3) is 5.69 Å². The summed E-state index contributed by atoms with van der Waals surface area (Å²) in [4.78, 5) is 10.6. The molecule has 0 spiro atoms. The maximum atomic E-state index is 13.1. The lowest BCUT2D eigenvalue weighted by molar-refractivity contribution is -0.384. The minimum Gasteiger partial charge on any atom is -0.258 e. The van der Waals surface area contributed by atoms with Crippen LogP contribution < -0.4 is 0 Å². The van der Waals surface area contributed by atoms with E-state index < -0.39 is 0 Å². The molecule has 0 amide bonds. The van der Waals surface area contributed by atoms with E-state index in [9.17, 15) is 14.5 Å². The van der Waals surface area contributed by atoms with Gasteiger partial charge >= 0.3 is 0 Å². The smallest absolute Gasteiger partial charge is 0.258 e. The van der Waals surface area contributed by atoms with Crippen molar-refractivity contribution in [1.29, 1.82) is 0 Å². The van der Waals surface area contributed by atoms with E-state index in [0.29, 0.717) is 5.92 Å². The van der Waals surface area contributed by atoms with Crippen LogP contribution in [0.2, 0.25) is 0 Å². The molecule has 4 rings (SSSR count). The molecule has 0 unspecified atom stereocenters. The maximum Gasteiger partial charge on any atom is 0.269 e. The zero-order valence-corrected chi connectivity index (χ0v) is 11.3. The molecule has 0 saturated heterocycles. The van der Waals surface area contributed by atoms with Gasteiger partial charge in [0, 0.05) is 42.0 Å². The van der Waals surface area contributed by atoms with Crippen LogP contribution in [0.15, 0.2) is 53.4 Å². The summed E-state index contributed by atoms with van der Waals surface area (Å²) in [5.74, 6) is 0.337. The average molecular weight is 282 g/mol. The van der Waals surface area contributed by atoms with Crippen LogP contribution in [0.1, 0.15) is 35.8 Å². The summed E-state index contributed by atoms with van der Waals surface area (Å²) in [5, 5.41) is 11.0. The van der Waals surface area contributed by atoms with Crippen LogP contribution in [0.3, 0.4) is 0 Å². The lowest BCUT2D eigenvalue weighted by Gasteiger charge is -2.11. The minimum absolute atomic E-state index is 0.153. The van der Waals surface area contributed by atoms with Crippen LogP contribution in [-0.4, -0.2) is 4.92 Å². The van der Waals surface area contributed by atoms with Gasteiger partial charge in [0.2, 0.25) is 5.83 Å². The first-order valence-electron chi connectivity index (χ1n) is 7.06. The number of fused-ring (bicyclic) bond motifs is 5. The molecule has 0 N–H and O–H groups in total. The molecule has 1 aromatic carbocycles. The highest BCUT2D eigenvalue weighted by Gasteiger charge is 2.46. The zero-order valence-electron chi connectivity index (χ0n) is 11.3. The summed E-state index contributed by atoms with van der Waals surface area (Å²) in [6.45, 7) is 0. The summed E-state index contributed by atoms with van der Waals surface area (Å²) >= 11 is 0. The molecule has 0 radical (unpaired) electrons. The Morgan fingerprint density at radius 3 is 2.62 bits per heavy atom. The Hall–Kier alpha value is -2.36. The molecule has 2 bridgehead atoms. The number of nitro benzene ring substituents is 1. The SMILES string of the molecule is O=[N+]([O-])c1ccc2c(c1)[C@@H]1CC[C@H]2/C1=C1/C=CC(F)=C[CH+]1. The Kier molecular flexibility index (Phi) is 2.55. The predicted octanol–water partition coefficient (Wildman–Crippen LogP) is 4.49. The van der Waals surface area contributed by atoms with Gasteiger partial charge in [-0.3, -0.25) is 10.1 Å². The Morgan fingerprint density at radius 1 is 1.19 bits per heavy atom. The maximum absolute atomic E-state index is 13.1. The van der Waals surface area contributed by atoms with Crippen LogP contribution in [-0.2, 0) is 0 Å². The number of hydrogen-bond acceptors (Lipinski definition) is 2. The monoisotopic (exact) mass is 282 g/mol. The van der Waals surface area contributed by atoms with Crippen LogP contribution in [0.25, 0.3) is 0 Å². The highest BCUT2D eigenvalue weighted by molar-refractivity contribution is 5.61. The molecule has 21 heavy (non-hydrogen) atoms. The highest BCUT2D eigenvalue weighted by atomic mass is 19.1. The topological polar surface area (TPSA) is 43.1 Å². The fraction of sp³-hybridized carbons (Fsp3) is 0.235. The molecule has 0 aliphatic heterocycles. The van der Waals surface area contributed by atoms with Crippen LogP contribution >= 0.6 is 0 Å². The number of halogens is 1. The van der Waals surface area contributed by atoms with E-state index in [-0.39, 0.29) is 22.4 Å². The van der Waals surface area contributed by atoms with Crippen LogP contribution in [0.4, 0.5) is 10.1 Å². The first kappa shape index (κ1) is 12.4. The molecule has 4 heteroatoms. The van der Waals surface area contributed by atoms with E-state index in [4.69, 9.17) is 0 Å². The van der Waals surface area contributed by atoms with E-state index in [1.165, 1.54) is 23.3 Å². The molecule has 2 atom stereocenters. The molecular weight excluding hydrogens is 269 g/mol. The van der Waals surface area contributed by atoms with Crippen molar-refractivity contribution in [2.45, 2.75) is 24.7 Å². The fourth-order valence-electron chi connectivity index (χ4n) is 3.87. The molecule has 3 aliphatic carbocycles. The number of non-ortho nitro benzene ring substituents is 1. The van der Waals surface area contributed by atoms with Crippen molar-refractivity contribution in [2.24, 2.45) is 0 Å². The fourth-order valence-corrected chi connectivity index (χ4v) is 3.87. The lowest BCUT2D eigenvalue weighted by Crippen LogP contribution is -1.99. The standard InChI is InChI=1S/C17H13FNO2/c18-11-3-1-10(2-4-11)17-14-7-8-15(17)16-9-12(19(20)21)5-6-13(14)16/h1-6,9,14-15H,7-8H2/q+1/t14-,15+/m1/s1. The molecule has 1 fully saturated rings. The first-order chi connectivity index (χ1) is 10.1. The predicted molar refractivity (Wildman–Crippen MR) is 77.5 cm³/mol. The number of benzene rings is 1. The van der Waals surface area contributed by atoms with Crippen LogP contribution in [0.5, 0.6) is 0 Å². The normalized spacial score (nSPS) is 29.1. The summed E-state index contributed by atoms with van der Waals surface area (Å²) in [6.07, 6.45) is 8.68. The van der Waals surface area contributed by atoms with Crippen molar-refractivity contribution in [3.8, 4) is 0 Å². The minimum atomic E-state index is -0.343. The van der Waals surface area contributed by atoms with Gasteiger partial charge in [-0.2, -0.15) is 0 Å². The summed E-state index contributed by atoms with van der Waals surface area (Å²) in [7, 11) is 0. The Bertz CT molecular complexity index is 745. The summed E-state index contributed by atoms with van der Waals surface area (Å²) < 4.78 is 13.1. The largest absolute Gasteiger partial charge is 0.269 e. The first-order valence-corrected chi connectivity index (χ1v) is 7.06. The molecule has 0 aromatic heterocycles. The summed E-state index contributed by atoms with van der Waals surface area (Å²) in [5.41, 5.74) is 4.80. The quantitative estimate of drug-likeness (QED) is 0.432. The van der Waals surface area contributed by atoms with Crippen molar-refractivity contribution in [3.63, 3.8) is 0 Å². The van der Waals surface area contributed by atoms with E-state index >= 15 is 0 Å². The van der Waals surface area contributed by atoms with E-state index in [1.54, 1.807) is 12.1 Å². The van der Waals surface area contributed by atoms with E-state index in [2.05, 4.69) is 0 Å². The number of hydrogen-bond donors (Lipinski definition) is 0. The van der Waals surface area contributed by atoms with Crippen molar-refractivity contribution in [3.05, 3.63) is 81.1 Å². The second kappa shape index (κ2) is 4.32. The third-order valence-electron chi connectivity index (χ3n) is 4.70. The highest BCUT2D eigenvalue weighted by Crippen LogP contribution is 2.58. The average Bonchev–Trinajstić information content (AvgIpc) is 3.04. The third kappa shape index (κ3) is 1.75. The van der Waals surface area contributed by atoms with Crippen molar-refractivity contribution in [1.82, 2.24) is 0 Å². The van der Waals surface area contributed by atoms with Gasteiger partial charge in [0.1, 0.15) is 0 Å². The van der Waals surface area contributed by atoms with Crippen LogP contribution in [0, 0.1) is 16.5 Å². The Morgan fingerprint density at radius 2 is 1.95 bits per heavy atom. The lowest BCUT2D eigenvalue weighted by atomic mass is 9.91. The molecule has 1 saturated carbocycles. The van der Waals surface area contributed by atoms with Crippen molar-refractivity contribution in [2.75, 3.05) is 0 Å². The van der Waals surface area contributed by atoms with Gasteiger partial charge in [0.05, 0.1) is 22.6 Å². The molecule has 3 nitrogen and oxygen atoms in total. The third-order valence-corrected chi connectivity index (χ3v) is 4.70. The van der Waals surface area contributed by atoms with E-state index in [0.717, 1.165) is 24.0 Å². The molecule has 1 aromatic rings. The van der Waals surface area contributed by atoms with Crippen molar-refractivity contribution < 1.29 is 9.31 Å². The number of nitrogens with zero attached hydrogens (tertiary/aromatic N) is 1. The van der Waals surface area contributed by atoms with Crippen molar-refractivity contribution >= 4 is 5.69 Å². The van der Waals surface area contributed by atoms with Gasteiger partial charge in [-0.1, -0.05) is 6.07 Å². The Balaban J connectivity index is 1.81. The summed E-state index contributed by atoms with van der Waals surface area (Å²) in [6, 6.07) is 5.19. The number of rotatable bonds is 1. The molecular formula is C17H13FNO2+. The van der Waals surface area contributed by atoms with Gasteiger partial charge in [-0.15, -0.1) is 4.39 Å². The van der Waals surface area contributed by atoms with Gasteiger partial charge < -0.3 is 0 Å². The van der Waals surface area contributed by atoms with Gasteiger partial charge in [-0.05, 0) is 24.0 Å². The molecule has 3 aliphatic rings. The molecule has 104 valence electrons. The number of allylic oxidation sites excluding steroid dienone is 6.